The fourth-order valence-corrected chi connectivity index (χ4v) is 0.990. The van der Waals surface area contributed by atoms with Gasteiger partial charge in [-0.2, -0.15) is 4.98 Å². The first-order valence-electron chi connectivity index (χ1n) is 3.96. The Balaban J connectivity index is 2.14. The van der Waals surface area contributed by atoms with E-state index in [-0.39, 0.29) is 0 Å². The molecule has 0 aromatic carbocycles. The van der Waals surface area contributed by atoms with Gasteiger partial charge in [0.1, 0.15) is 0 Å². The Morgan fingerprint density at radius 2 is 2.38 bits per heavy atom. The summed E-state index contributed by atoms with van der Waals surface area (Å²) in [6, 6.07) is 3.89. The Morgan fingerprint density at radius 1 is 1.46 bits per heavy atom. The summed E-state index contributed by atoms with van der Waals surface area (Å²) >= 11 is 0. The van der Waals surface area contributed by atoms with Crippen LogP contribution >= 0.6 is 0 Å². The molecule has 2 aromatic heterocycles. The van der Waals surface area contributed by atoms with Gasteiger partial charge in [0.2, 0.25) is 0 Å². The molecular formula is C9H9N3O. The Hall–Kier alpha value is -1.84. The number of aromatic amines is 1. The summed E-state index contributed by atoms with van der Waals surface area (Å²) < 4.78 is 4.90. The number of aryl methyl sites for hydroxylation is 1. The van der Waals surface area contributed by atoms with E-state index in [1.807, 2.05) is 24.4 Å². The normalized spacial score (nSPS) is 11.2. The van der Waals surface area contributed by atoms with Crippen molar-refractivity contribution in [2.45, 2.75) is 6.92 Å². The molecule has 2 rings (SSSR count). The molecule has 0 aliphatic heterocycles. The second-order valence-corrected chi connectivity index (χ2v) is 2.64. The second-order valence-electron chi connectivity index (χ2n) is 2.64. The van der Waals surface area contributed by atoms with Gasteiger partial charge >= 0.3 is 0 Å². The highest BCUT2D eigenvalue weighted by atomic mass is 16.5. The maximum atomic E-state index is 4.90. The Kier molecular flexibility index (Phi) is 1.96. The lowest BCUT2D eigenvalue weighted by Crippen LogP contribution is -1.73. The summed E-state index contributed by atoms with van der Waals surface area (Å²) in [5.41, 5.74) is 1.01. The molecule has 0 saturated carbocycles. The number of hydrogen-bond donors (Lipinski definition) is 1. The summed E-state index contributed by atoms with van der Waals surface area (Å²) in [6.07, 6.45) is 5.51. The Bertz CT molecular complexity index is 400. The molecule has 0 radical (unpaired) electrons. The van der Waals surface area contributed by atoms with E-state index in [0.717, 1.165) is 5.69 Å². The minimum Gasteiger partial charge on any atom is -0.362 e. The molecular weight excluding hydrogens is 166 g/mol. The third-order valence-electron chi connectivity index (χ3n) is 1.57. The first kappa shape index (κ1) is 7.79. The summed E-state index contributed by atoms with van der Waals surface area (Å²) in [6.45, 7) is 1.79. The summed E-state index contributed by atoms with van der Waals surface area (Å²) in [5.74, 6) is 1.17. The van der Waals surface area contributed by atoms with Crippen molar-refractivity contribution < 1.29 is 4.52 Å². The summed E-state index contributed by atoms with van der Waals surface area (Å²) in [4.78, 5) is 7.07. The van der Waals surface area contributed by atoms with Gasteiger partial charge < -0.3 is 9.51 Å². The van der Waals surface area contributed by atoms with Crippen LogP contribution in [-0.4, -0.2) is 15.1 Å². The molecule has 13 heavy (non-hydrogen) atoms. The maximum Gasteiger partial charge on any atom is 0.250 e. The topological polar surface area (TPSA) is 54.7 Å². The van der Waals surface area contributed by atoms with E-state index in [0.29, 0.717) is 11.7 Å². The second kappa shape index (κ2) is 3.26. The maximum absolute atomic E-state index is 4.90. The van der Waals surface area contributed by atoms with Crippen molar-refractivity contribution in [2.24, 2.45) is 0 Å². The zero-order valence-corrected chi connectivity index (χ0v) is 7.19. The Morgan fingerprint density at radius 3 is 3.00 bits per heavy atom. The third-order valence-corrected chi connectivity index (χ3v) is 1.57. The van der Waals surface area contributed by atoms with Crippen LogP contribution in [-0.2, 0) is 0 Å². The van der Waals surface area contributed by atoms with Crippen LogP contribution in [0, 0.1) is 6.92 Å². The van der Waals surface area contributed by atoms with Gasteiger partial charge in [-0.3, -0.25) is 0 Å². The van der Waals surface area contributed by atoms with E-state index in [4.69, 9.17) is 4.52 Å². The molecule has 0 amide bonds. The molecule has 66 valence electrons. The fraction of sp³-hybridized carbons (Fsp3) is 0.111. The van der Waals surface area contributed by atoms with E-state index < -0.39 is 0 Å². The molecule has 0 unspecified atom stereocenters. The van der Waals surface area contributed by atoms with Crippen molar-refractivity contribution in [3.05, 3.63) is 35.7 Å². The zero-order chi connectivity index (χ0) is 9.10. The van der Waals surface area contributed by atoms with E-state index in [9.17, 15) is 0 Å². The van der Waals surface area contributed by atoms with Crippen LogP contribution in [0.2, 0.25) is 0 Å². The van der Waals surface area contributed by atoms with Crippen molar-refractivity contribution in [3.8, 4) is 0 Å². The van der Waals surface area contributed by atoms with E-state index in [2.05, 4.69) is 15.1 Å². The van der Waals surface area contributed by atoms with E-state index in [1.54, 1.807) is 13.0 Å². The van der Waals surface area contributed by atoms with Crippen LogP contribution in [0.25, 0.3) is 12.2 Å². The van der Waals surface area contributed by atoms with E-state index in [1.165, 1.54) is 0 Å². The summed E-state index contributed by atoms with van der Waals surface area (Å²) in [5, 5.41) is 3.67. The van der Waals surface area contributed by atoms with Crippen LogP contribution < -0.4 is 0 Å². The monoisotopic (exact) mass is 175 g/mol. The number of nitrogens with one attached hydrogen (secondary N) is 1. The number of nitrogens with zero attached hydrogens (tertiary/aromatic N) is 2. The van der Waals surface area contributed by atoms with Crippen molar-refractivity contribution >= 4 is 12.2 Å². The molecule has 2 aromatic rings. The third kappa shape index (κ3) is 1.84. The van der Waals surface area contributed by atoms with Crippen molar-refractivity contribution in [1.29, 1.82) is 0 Å². The number of rotatable bonds is 2. The average Bonchev–Trinajstić information content (AvgIpc) is 2.71. The number of hydrogen-bond acceptors (Lipinski definition) is 3. The molecule has 1 N–H and O–H groups in total. The van der Waals surface area contributed by atoms with E-state index >= 15 is 0 Å². The predicted octanol–water partition coefficient (Wildman–Crippen LogP) is 1.88. The molecule has 4 heteroatoms. The highest BCUT2D eigenvalue weighted by Crippen LogP contribution is 2.03. The highest BCUT2D eigenvalue weighted by Gasteiger charge is 1.95. The van der Waals surface area contributed by atoms with Crippen molar-refractivity contribution in [3.63, 3.8) is 0 Å². The lowest BCUT2D eigenvalue weighted by molar-refractivity contribution is 0.405. The standard InChI is InChI=1S/C9H9N3O/c1-7-11-9(13-12-7)5-4-8-3-2-6-10-8/h2-6,10H,1H3/b5-4+. The first-order chi connectivity index (χ1) is 6.34. The van der Waals surface area contributed by atoms with Gasteiger partial charge in [0.05, 0.1) is 0 Å². The quantitative estimate of drug-likeness (QED) is 0.758. The van der Waals surface area contributed by atoms with Gasteiger partial charge in [-0.05, 0) is 25.1 Å². The SMILES string of the molecule is Cc1noc(/C=C/c2ccc[nH]2)n1. The first-order valence-corrected chi connectivity index (χ1v) is 3.96. The van der Waals surface area contributed by atoms with Gasteiger partial charge in [-0.25, -0.2) is 0 Å². The van der Waals surface area contributed by atoms with Crippen molar-refractivity contribution in [1.82, 2.24) is 15.1 Å². The van der Waals surface area contributed by atoms with Gasteiger partial charge in [-0.15, -0.1) is 0 Å². The van der Waals surface area contributed by atoms with Crippen LogP contribution in [0.15, 0.2) is 22.9 Å². The molecule has 0 fully saturated rings. The largest absolute Gasteiger partial charge is 0.362 e. The Labute approximate surface area is 75.3 Å². The fourth-order valence-electron chi connectivity index (χ4n) is 0.990. The minimum absolute atomic E-state index is 0.520. The molecule has 0 atom stereocenters. The van der Waals surface area contributed by atoms with Gasteiger partial charge in [0, 0.05) is 18.0 Å². The van der Waals surface area contributed by atoms with Crippen LogP contribution in [0.4, 0.5) is 0 Å². The molecule has 4 nitrogen and oxygen atoms in total. The van der Waals surface area contributed by atoms with Crippen LogP contribution in [0.3, 0.4) is 0 Å². The van der Waals surface area contributed by atoms with Crippen LogP contribution in [0.5, 0.6) is 0 Å². The van der Waals surface area contributed by atoms with Gasteiger partial charge in [-0.1, -0.05) is 5.16 Å². The smallest absolute Gasteiger partial charge is 0.250 e. The minimum atomic E-state index is 0.520. The van der Waals surface area contributed by atoms with Gasteiger partial charge in [0.15, 0.2) is 5.82 Å². The highest BCUT2D eigenvalue weighted by molar-refractivity contribution is 5.63. The molecule has 0 saturated heterocycles. The molecule has 0 aliphatic carbocycles. The zero-order valence-electron chi connectivity index (χ0n) is 7.19. The van der Waals surface area contributed by atoms with Crippen LogP contribution in [0.1, 0.15) is 17.4 Å². The molecule has 0 aliphatic rings. The molecule has 0 spiro atoms. The molecule has 0 bridgehead atoms. The average molecular weight is 175 g/mol. The number of H-pyrrole nitrogens is 1. The lowest BCUT2D eigenvalue weighted by atomic mass is 10.4. The van der Waals surface area contributed by atoms with Crippen molar-refractivity contribution in [2.75, 3.05) is 0 Å². The number of aromatic nitrogens is 3. The lowest BCUT2D eigenvalue weighted by Gasteiger charge is -1.81. The van der Waals surface area contributed by atoms with Gasteiger partial charge in [0.25, 0.3) is 5.89 Å². The summed E-state index contributed by atoms with van der Waals surface area (Å²) in [7, 11) is 0. The molecule has 2 heterocycles. The predicted molar refractivity (Wildman–Crippen MR) is 48.8 cm³/mol.